The number of hydrogen-bond acceptors (Lipinski definition) is 3. The van der Waals surface area contributed by atoms with Crippen molar-refractivity contribution in [3.8, 4) is 17.1 Å². The molecule has 1 aromatic carbocycles. The smallest absolute Gasteiger partial charge is 0.152 e. The zero-order valence-corrected chi connectivity index (χ0v) is 12.3. The Labute approximate surface area is 124 Å². The Balaban J connectivity index is 1.87. The molecule has 0 aliphatic carbocycles. The van der Waals surface area contributed by atoms with Crippen LogP contribution in [-0.2, 0) is 6.54 Å². The maximum atomic E-state index is 5.92. The summed E-state index contributed by atoms with van der Waals surface area (Å²) in [4.78, 5) is 0. The standard InChI is InChI=1S/C17H19N3O/c1-13(2)18-12-15-8-9-17(21-15)16-10-11-19-20(16)14-6-4-3-5-7-14/h3-11,13,18H,12H2,1-2H3. The highest BCUT2D eigenvalue weighted by Crippen LogP contribution is 2.24. The van der Waals surface area contributed by atoms with E-state index in [4.69, 9.17) is 4.42 Å². The van der Waals surface area contributed by atoms with Gasteiger partial charge in [0.2, 0.25) is 0 Å². The number of aromatic nitrogens is 2. The molecular weight excluding hydrogens is 262 g/mol. The zero-order valence-electron chi connectivity index (χ0n) is 12.3. The van der Waals surface area contributed by atoms with Crippen molar-refractivity contribution >= 4 is 0 Å². The Bertz CT molecular complexity index is 698. The third kappa shape index (κ3) is 3.06. The van der Waals surface area contributed by atoms with E-state index in [1.165, 1.54) is 0 Å². The first-order chi connectivity index (χ1) is 10.2. The number of furan rings is 1. The van der Waals surface area contributed by atoms with Gasteiger partial charge in [0.05, 0.1) is 18.4 Å². The SMILES string of the molecule is CC(C)NCc1ccc(-c2ccnn2-c2ccccc2)o1. The van der Waals surface area contributed by atoms with Crippen LogP contribution in [-0.4, -0.2) is 15.8 Å². The molecule has 3 aromatic rings. The van der Waals surface area contributed by atoms with Gasteiger partial charge < -0.3 is 9.73 Å². The average molecular weight is 281 g/mol. The predicted octanol–water partition coefficient (Wildman–Crippen LogP) is 3.63. The fourth-order valence-corrected chi connectivity index (χ4v) is 2.18. The fourth-order valence-electron chi connectivity index (χ4n) is 2.18. The van der Waals surface area contributed by atoms with Gasteiger partial charge in [0, 0.05) is 6.04 Å². The lowest BCUT2D eigenvalue weighted by Crippen LogP contribution is -2.21. The first kappa shape index (κ1) is 13.6. The minimum absolute atomic E-state index is 0.438. The molecule has 1 N–H and O–H groups in total. The van der Waals surface area contributed by atoms with Gasteiger partial charge in [0.25, 0.3) is 0 Å². The molecule has 0 atom stereocenters. The summed E-state index contributed by atoms with van der Waals surface area (Å²) in [6.45, 7) is 4.97. The van der Waals surface area contributed by atoms with Crippen LogP contribution in [0.5, 0.6) is 0 Å². The van der Waals surface area contributed by atoms with Crippen molar-refractivity contribution in [1.82, 2.24) is 15.1 Å². The van der Waals surface area contributed by atoms with Crippen LogP contribution in [0.15, 0.2) is 59.1 Å². The monoisotopic (exact) mass is 281 g/mol. The topological polar surface area (TPSA) is 43.0 Å². The van der Waals surface area contributed by atoms with Gasteiger partial charge >= 0.3 is 0 Å². The van der Waals surface area contributed by atoms with Gasteiger partial charge in [-0.05, 0) is 30.3 Å². The zero-order chi connectivity index (χ0) is 14.7. The molecule has 0 bridgehead atoms. The largest absolute Gasteiger partial charge is 0.458 e. The third-order valence-electron chi connectivity index (χ3n) is 3.24. The summed E-state index contributed by atoms with van der Waals surface area (Å²) < 4.78 is 7.80. The van der Waals surface area contributed by atoms with E-state index in [-0.39, 0.29) is 0 Å². The molecule has 4 heteroatoms. The Hall–Kier alpha value is -2.33. The minimum Gasteiger partial charge on any atom is -0.458 e. The molecule has 4 nitrogen and oxygen atoms in total. The lowest BCUT2D eigenvalue weighted by atomic mass is 10.3. The van der Waals surface area contributed by atoms with E-state index in [0.29, 0.717) is 6.04 Å². The molecular formula is C17H19N3O. The molecule has 2 aromatic heterocycles. The molecule has 0 spiro atoms. The minimum atomic E-state index is 0.438. The Morgan fingerprint density at radius 1 is 1.10 bits per heavy atom. The van der Waals surface area contributed by atoms with E-state index in [9.17, 15) is 0 Å². The van der Waals surface area contributed by atoms with E-state index in [2.05, 4.69) is 24.3 Å². The summed E-state index contributed by atoms with van der Waals surface area (Å²) >= 11 is 0. The van der Waals surface area contributed by atoms with Crippen molar-refractivity contribution in [1.29, 1.82) is 0 Å². The quantitative estimate of drug-likeness (QED) is 0.776. The van der Waals surface area contributed by atoms with Gasteiger partial charge in [-0.3, -0.25) is 0 Å². The number of hydrogen-bond donors (Lipinski definition) is 1. The molecule has 2 heterocycles. The van der Waals surface area contributed by atoms with Crippen molar-refractivity contribution in [2.45, 2.75) is 26.4 Å². The maximum absolute atomic E-state index is 5.92. The molecule has 3 rings (SSSR count). The third-order valence-corrected chi connectivity index (χ3v) is 3.24. The van der Waals surface area contributed by atoms with Gasteiger partial charge in [0.1, 0.15) is 11.5 Å². The number of para-hydroxylation sites is 1. The number of rotatable bonds is 5. The van der Waals surface area contributed by atoms with Crippen molar-refractivity contribution < 1.29 is 4.42 Å². The van der Waals surface area contributed by atoms with Gasteiger partial charge in [-0.25, -0.2) is 4.68 Å². The Morgan fingerprint density at radius 3 is 2.67 bits per heavy atom. The lowest BCUT2D eigenvalue weighted by molar-refractivity contribution is 0.471. The summed E-state index contributed by atoms with van der Waals surface area (Å²) in [6, 6.07) is 16.5. The Kier molecular flexibility index (Phi) is 3.88. The summed E-state index contributed by atoms with van der Waals surface area (Å²) in [5.41, 5.74) is 1.98. The van der Waals surface area contributed by atoms with Gasteiger partial charge in [0.15, 0.2) is 5.76 Å². The van der Waals surface area contributed by atoms with Crippen molar-refractivity contribution in [2.75, 3.05) is 0 Å². The summed E-state index contributed by atoms with van der Waals surface area (Å²) in [5, 5.41) is 7.74. The first-order valence-corrected chi connectivity index (χ1v) is 7.16. The van der Waals surface area contributed by atoms with Crippen molar-refractivity contribution in [2.24, 2.45) is 0 Å². The Morgan fingerprint density at radius 2 is 1.90 bits per heavy atom. The highest BCUT2D eigenvalue weighted by molar-refractivity contribution is 5.56. The van der Waals surface area contributed by atoms with Crippen LogP contribution in [0.2, 0.25) is 0 Å². The second-order valence-electron chi connectivity index (χ2n) is 5.27. The van der Waals surface area contributed by atoms with Crippen LogP contribution < -0.4 is 5.32 Å². The van der Waals surface area contributed by atoms with Gasteiger partial charge in [-0.2, -0.15) is 5.10 Å². The highest BCUT2D eigenvalue weighted by Gasteiger charge is 2.11. The maximum Gasteiger partial charge on any atom is 0.152 e. The molecule has 0 unspecified atom stereocenters. The van der Waals surface area contributed by atoms with E-state index >= 15 is 0 Å². The van der Waals surface area contributed by atoms with Crippen LogP contribution in [0.1, 0.15) is 19.6 Å². The molecule has 0 amide bonds. The summed E-state index contributed by atoms with van der Waals surface area (Å²) in [6.07, 6.45) is 1.79. The molecule has 0 saturated heterocycles. The molecule has 0 fully saturated rings. The number of nitrogens with one attached hydrogen (secondary N) is 1. The lowest BCUT2D eigenvalue weighted by Gasteiger charge is -2.06. The van der Waals surface area contributed by atoms with E-state index < -0.39 is 0 Å². The average Bonchev–Trinajstić information content (AvgIpc) is 3.14. The molecule has 0 aliphatic heterocycles. The van der Waals surface area contributed by atoms with Gasteiger partial charge in [-0.1, -0.05) is 32.0 Å². The van der Waals surface area contributed by atoms with E-state index in [1.54, 1.807) is 6.20 Å². The van der Waals surface area contributed by atoms with Crippen molar-refractivity contribution in [3.63, 3.8) is 0 Å². The van der Waals surface area contributed by atoms with Crippen LogP contribution in [0, 0.1) is 0 Å². The molecule has 0 radical (unpaired) electrons. The van der Waals surface area contributed by atoms with Crippen LogP contribution in [0.4, 0.5) is 0 Å². The summed E-state index contributed by atoms with van der Waals surface area (Å²) in [7, 11) is 0. The number of nitrogens with zero attached hydrogens (tertiary/aromatic N) is 2. The molecule has 0 saturated carbocycles. The normalized spacial score (nSPS) is 11.2. The van der Waals surface area contributed by atoms with E-state index in [0.717, 1.165) is 29.4 Å². The molecule has 108 valence electrons. The molecule has 0 aliphatic rings. The van der Waals surface area contributed by atoms with E-state index in [1.807, 2.05) is 53.2 Å². The number of benzene rings is 1. The fraction of sp³-hybridized carbons (Fsp3) is 0.235. The highest BCUT2D eigenvalue weighted by atomic mass is 16.3. The summed E-state index contributed by atoms with van der Waals surface area (Å²) in [5.74, 6) is 1.76. The van der Waals surface area contributed by atoms with Crippen molar-refractivity contribution in [3.05, 3.63) is 60.5 Å². The van der Waals surface area contributed by atoms with Crippen LogP contribution in [0.25, 0.3) is 17.1 Å². The first-order valence-electron chi connectivity index (χ1n) is 7.16. The molecule has 21 heavy (non-hydrogen) atoms. The predicted molar refractivity (Wildman–Crippen MR) is 83.2 cm³/mol. The van der Waals surface area contributed by atoms with Crippen LogP contribution in [0.3, 0.4) is 0 Å². The van der Waals surface area contributed by atoms with Gasteiger partial charge in [-0.15, -0.1) is 0 Å². The van der Waals surface area contributed by atoms with Crippen LogP contribution >= 0.6 is 0 Å². The second-order valence-corrected chi connectivity index (χ2v) is 5.27. The second kappa shape index (κ2) is 5.97.